The van der Waals surface area contributed by atoms with Gasteiger partial charge in [0.2, 0.25) is 0 Å². The fourth-order valence-electron chi connectivity index (χ4n) is 1.24. The number of hydrogen-bond donors (Lipinski definition) is 0. The van der Waals surface area contributed by atoms with Gasteiger partial charge in [0.25, 0.3) is 0 Å². The molecule has 10 heavy (non-hydrogen) atoms. The second kappa shape index (κ2) is 4.02. The van der Waals surface area contributed by atoms with Crippen LogP contribution in [0.1, 0.15) is 26.7 Å². The van der Waals surface area contributed by atoms with E-state index in [0.29, 0.717) is 0 Å². The van der Waals surface area contributed by atoms with Gasteiger partial charge in [-0.25, -0.2) is 0 Å². The molecular formula is C7H13BSe2. The van der Waals surface area contributed by atoms with E-state index in [4.69, 9.17) is 0 Å². The van der Waals surface area contributed by atoms with Gasteiger partial charge < -0.3 is 0 Å². The van der Waals surface area contributed by atoms with Crippen molar-refractivity contribution in [1.29, 1.82) is 0 Å². The van der Waals surface area contributed by atoms with Crippen molar-refractivity contribution in [2.24, 2.45) is 0 Å². The first-order valence-corrected chi connectivity index (χ1v) is 10.0. The van der Waals surface area contributed by atoms with E-state index in [0.717, 1.165) is 31.6 Å². The molecule has 0 nitrogen and oxygen atoms in total. The summed E-state index contributed by atoms with van der Waals surface area (Å²) in [4.78, 5) is 0. The normalized spacial score (nSPS) is 18.9. The van der Waals surface area contributed by atoms with E-state index in [1.807, 2.05) is 9.94 Å². The van der Waals surface area contributed by atoms with E-state index in [1.165, 1.54) is 12.8 Å². The predicted molar refractivity (Wildman–Crippen MR) is 50.7 cm³/mol. The molecule has 0 aromatic carbocycles. The van der Waals surface area contributed by atoms with Gasteiger partial charge in [-0.2, -0.15) is 0 Å². The molecule has 0 amide bonds. The third kappa shape index (κ3) is 1.71. The Kier molecular flexibility index (Phi) is 3.59. The summed E-state index contributed by atoms with van der Waals surface area (Å²) in [5.41, 5.74) is 2.79. The summed E-state index contributed by atoms with van der Waals surface area (Å²) >= 11 is 1.89. The Balaban J connectivity index is 2.71. The van der Waals surface area contributed by atoms with Crippen LogP contribution in [0.2, 0.25) is 6.82 Å². The van der Waals surface area contributed by atoms with Crippen molar-refractivity contribution in [2.45, 2.75) is 33.5 Å². The predicted octanol–water partition coefficient (Wildman–Crippen LogP) is 1.56. The molecule has 0 radical (unpaired) electrons. The summed E-state index contributed by atoms with van der Waals surface area (Å²) in [6, 6.07) is 0. The first-order valence-electron chi connectivity index (χ1n) is 3.84. The van der Waals surface area contributed by atoms with Crippen LogP contribution in [-0.4, -0.2) is 31.6 Å². The van der Waals surface area contributed by atoms with Crippen LogP contribution < -0.4 is 0 Å². The van der Waals surface area contributed by atoms with E-state index in [9.17, 15) is 0 Å². The number of hydrogen-bond acceptors (Lipinski definition) is 0. The molecule has 0 aromatic rings. The van der Waals surface area contributed by atoms with Gasteiger partial charge in [0.05, 0.1) is 0 Å². The van der Waals surface area contributed by atoms with Gasteiger partial charge in [0.1, 0.15) is 0 Å². The van der Waals surface area contributed by atoms with E-state index < -0.39 is 0 Å². The molecule has 1 rings (SSSR count). The van der Waals surface area contributed by atoms with Crippen molar-refractivity contribution in [3.05, 3.63) is 9.94 Å². The van der Waals surface area contributed by atoms with Crippen LogP contribution in [0.5, 0.6) is 0 Å². The third-order valence-corrected chi connectivity index (χ3v) is 11.2. The molecule has 0 saturated carbocycles. The van der Waals surface area contributed by atoms with Gasteiger partial charge in [-0.05, 0) is 0 Å². The van der Waals surface area contributed by atoms with Crippen molar-refractivity contribution >= 4 is 31.6 Å². The van der Waals surface area contributed by atoms with Gasteiger partial charge in [0.15, 0.2) is 0 Å². The summed E-state index contributed by atoms with van der Waals surface area (Å²) < 4.78 is 1.84. The summed E-state index contributed by atoms with van der Waals surface area (Å²) in [7, 11) is 0. The van der Waals surface area contributed by atoms with Crippen LogP contribution in [-0.2, 0) is 0 Å². The minimum absolute atomic E-state index is 0.923. The Labute approximate surface area is 75.0 Å². The molecule has 0 fully saturated rings. The monoisotopic (exact) mass is 268 g/mol. The number of allylic oxidation sites excluding steroid dienone is 2. The summed E-state index contributed by atoms with van der Waals surface area (Å²) in [6.07, 6.45) is 2.64. The molecule has 0 atom stereocenters. The minimum atomic E-state index is 0.923. The standard InChI is InChI=1S/C7H13BSe2/c1-4-6-7(5-2)9-10-8(6)3/h4-5H2,1-3H3. The van der Waals surface area contributed by atoms with E-state index in [1.54, 1.807) is 0 Å². The van der Waals surface area contributed by atoms with Crippen molar-refractivity contribution < 1.29 is 0 Å². The molecule has 0 aromatic heterocycles. The quantitative estimate of drug-likeness (QED) is 0.665. The first kappa shape index (κ1) is 8.94. The van der Waals surface area contributed by atoms with Gasteiger partial charge in [0, 0.05) is 0 Å². The van der Waals surface area contributed by atoms with E-state index in [2.05, 4.69) is 20.7 Å². The van der Waals surface area contributed by atoms with Gasteiger partial charge in [-0.3, -0.25) is 0 Å². The van der Waals surface area contributed by atoms with E-state index >= 15 is 0 Å². The Morgan fingerprint density at radius 2 is 2.00 bits per heavy atom. The average Bonchev–Trinajstić information content (AvgIpc) is 2.30. The maximum atomic E-state index is 2.41. The van der Waals surface area contributed by atoms with Crippen LogP contribution in [0.4, 0.5) is 0 Å². The first-order chi connectivity index (χ1) is 4.79. The van der Waals surface area contributed by atoms with E-state index in [-0.39, 0.29) is 0 Å². The second-order valence-electron chi connectivity index (χ2n) is 2.48. The molecule has 0 unspecified atom stereocenters. The molecule has 0 aliphatic carbocycles. The summed E-state index contributed by atoms with van der Waals surface area (Å²) in [5, 5.41) is 0. The molecular weight excluding hydrogens is 253 g/mol. The van der Waals surface area contributed by atoms with Crippen LogP contribution in [0.25, 0.3) is 0 Å². The van der Waals surface area contributed by atoms with Crippen LogP contribution >= 0.6 is 0 Å². The van der Waals surface area contributed by atoms with Crippen LogP contribution in [0.3, 0.4) is 0 Å². The zero-order chi connectivity index (χ0) is 7.56. The Morgan fingerprint density at radius 1 is 1.30 bits per heavy atom. The van der Waals surface area contributed by atoms with Gasteiger partial charge >= 0.3 is 75.1 Å². The van der Waals surface area contributed by atoms with Crippen LogP contribution in [0, 0.1) is 0 Å². The summed E-state index contributed by atoms with van der Waals surface area (Å²) in [6.45, 7) is 7.02. The molecule has 0 N–H and O–H groups in total. The molecule has 1 aliphatic rings. The van der Waals surface area contributed by atoms with Crippen molar-refractivity contribution in [2.75, 3.05) is 0 Å². The van der Waals surface area contributed by atoms with Crippen molar-refractivity contribution in [1.82, 2.24) is 0 Å². The Hall–Kier alpha value is 0.844. The number of rotatable bonds is 2. The SMILES string of the molecule is CCC1=C(CC)B(C)[Se][Se]1. The second-order valence-corrected chi connectivity index (χ2v) is 9.66. The van der Waals surface area contributed by atoms with Crippen molar-refractivity contribution in [3.63, 3.8) is 0 Å². The third-order valence-electron chi connectivity index (χ3n) is 1.84. The van der Waals surface area contributed by atoms with Gasteiger partial charge in [-0.15, -0.1) is 0 Å². The Morgan fingerprint density at radius 3 is 2.40 bits per heavy atom. The molecule has 1 heterocycles. The zero-order valence-corrected chi connectivity index (χ0v) is 10.2. The molecule has 1 aliphatic heterocycles. The average molecular weight is 266 g/mol. The van der Waals surface area contributed by atoms with Crippen molar-refractivity contribution in [3.8, 4) is 0 Å². The topological polar surface area (TPSA) is 0 Å². The zero-order valence-electron chi connectivity index (χ0n) is 6.81. The molecule has 0 spiro atoms. The fraction of sp³-hybridized carbons (Fsp3) is 0.714. The maximum absolute atomic E-state index is 2.41. The fourth-order valence-corrected chi connectivity index (χ4v) is 10.8. The molecule has 56 valence electrons. The Bertz CT molecular complexity index is 154. The molecule has 0 saturated heterocycles. The summed E-state index contributed by atoms with van der Waals surface area (Å²) in [5.74, 6) is 0. The molecule has 3 heteroatoms. The van der Waals surface area contributed by atoms with Gasteiger partial charge in [-0.1, -0.05) is 0 Å². The van der Waals surface area contributed by atoms with Crippen LogP contribution in [0.15, 0.2) is 9.94 Å². The molecule has 0 bridgehead atoms.